The van der Waals surface area contributed by atoms with E-state index in [1.807, 2.05) is 26.0 Å². The molecule has 0 radical (unpaired) electrons. The second kappa shape index (κ2) is 5.61. The van der Waals surface area contributed by atoms with Gasteiger partial charge in [-0.15, -0.1) is 0 Å². The van der Waals surface area contributed by atoms with E-state index in [1.165, 1.54) is 6.07 Å². The fraction of sp³-hybridized carbons (Fsp3) is 0.200. The van der Waals surface area contributed by atoms with E-state index < -0.39 is 11.7 Å². The van der Waals surface area contributed by atoms with Gasteiger partial charge in [-0.1, -0.05) is 11.6 Å². The molecule has 3 nitrogen and oxygen atoms in total. The molecule has 1 unspecified atom stereocenters. The zero-order valence-electron chi connectivity index (χ0n) is 10.9. The highest BCUT2D eigenvalue weighted by Gasteiger charge is 2.15. The maximum Gasteiger partial charge on any atom is 0.254 e. The van der Waals surface area contributed by atoms with E-state index in [1.54, 1.807) is 24.5 Å². The predicted molar refractivity (Wildman–Crippen MR) is 71.3 cm³/mol. The number of pyridine rings is 1. The van der Waals surface area contributed by atoms with Crippen LogP contribution in [0.4, 0.5) is 4.39 Å². The molecule has 0 aliphatic rings. The fourth-order valence-electron chi connectivity index (χ4n) is 1.82. The summed E-state index contributed by atoms with van der Waals surface area (Å²) in [6, 6.07) is 7.93. The van der Waals surface area contributed by atoms with Crippen LogP contribution in [0.25, 0.3) is 0 Å². The van der Waals surface area contributed by atoms with Crippen LogP contribution in [0.2, 0.25) is 0 Å². The molecule has 0 saturated heterocycles. The number of nitrogens with zero attached hydrogens (tertiary/aromatic N) is 1. The lowest BCUT2D eigenvalue weighted by Crippen LogP contribution is -2.27. The van der Waals surface area contributed by atoms with Crippen LogP contribution in [-0.2, 0) is 0 Å². The van der Waals surface area contributed by atoms with Crippen LogP contribution < -0.4 is 5.32 Å². The summed E-state index contributed by atoms with van der Waals surface area (Å²) in [5.41, 5.74) is 1.85. The molecular formula is C15H15FN2O. The Morgan fingerprint density at radius 3 is 2.63 bits per heavy atom. The minimum atomic E-state index is -0.509. The second-order valence-corrected chi connectivity index (χ2v) is 4.46. The van der Waals surface area contributed by atoms with Crippen molar-refractivity contribution in [2.24, 2.45) is 0 Å². The smallest absolute Gasteiger partial charge is 0.254 e. The van der Waals surface area contributed by atoms with Gasteiger partial charge in [0.1, 0.15) is 5.82 Å². The lowest BCUT2D eigenvalue weighted by atomic mass is 10.1. The van der Waals surface area contributed by atoms with E-state index in [0.717, 1.165) is 11.1 Å². The molecule has 0 aliphatic heterocycles. The third-order valence-electron chi connectivity index (χ3n) is 2.92. The highest BCUT2D eigenvalue weighted by molar-refractivity contribution is 5.94. The summed E-state index contributed by atoms with van der Waals surface area (Å²) in [6.45, 7) is 3.67. The Morgan fingerprint density at radius 2 is 1.95 bits per heavy atom. The van der Waals surface area contributed by atoms with Gasteiger partial charge >= 0.3 is 0 Å². The van der Waals surface area contributed by atoms with Crippen molar-refractivity contribution in [1.82, 2.24) is 10.3 Å². The van der Waals surface area contributed by atoms with Gasteiger partial charge in [0.25, 0.3) is 5.91 Å². The Kier molecular flexibility index (Phi) is 3.90. The molecule has 1 N–H and O–H groups in total. The van der Waals surface area contributed by atoms with Gasteiger partial charge in [-0.05, 0) is 43.7 Å². The molecule has 2 aromatic rings. The van der Waals surface area contributed by atoms with Gasteiger partial charge in [0.05, 0.1) is 11.6 Å². The summed E-state index contributed by atoms with van der Waals surface area (Å²) >= 11 is 0. The first-order valence-electron chi connectivity index (χ1n) is 6.05. The predicted octanol–water partition coefficient (Wildman–Crippen LogP) is 3.02. The van der Waals surface area contributed by atoms with Gasteiger partial charge in [-0.3, -0.25) is 9.78 Å². The van der Waals surface area contributed by atoms with Gasteiger partial charge in [0.15, 0.2) is 0 Å². The normalized spacial score (nSPS) is 11.9. The minimum absolute atomic E-state index is 0.0703. The standard InChI is InChI=1S/C15H15FN2O/c1-10-3-4-14(16)13(9-10)15(19)18-11(2)12-5-7-17-8-6-12/h3-9,11H,1-2H3,(H,18,19). The van der Waals surface area contributed by atoms with E-state index in [9.17, 15) is 9.18 Å². The number of aromatic nitrogens is 1. The number of rotatable bonds is 3. The van der Waals surface area contributed by atoms with E-state index in [-0.39, 0.29) is 11.6 Å². The number of carbonyl (C=O) groups is 1. The van der Waals surface area contributed by atoms with Crippen LogP contribution in [-0.4, -0.2) is 10.9 Å². The topological polar surface area (TPSA) is 42.0 Å². The van der Waals surface area contributed by atoms with Gasteiger partial charge in [-0.25, -0.2) is 4.39 Å². The molecule has 2 rings (SSSR count). The highest BCUT2D eigenvalue weighted by atomic mass is 19.1. The SMILES string of the molecule is Cc1ccc(F)c(C(=O)NC(C)c2ccncc2)c1. The van der Waals surface area contributed by atoms with E-state index in [0.29, 0.717) is 0 Å². The molecule has 0 fully saturated rings. The van der Waals surface area contributed by atoms with E-state index in [4.69, 9.17) is 0 Å². The van der Waals surface area contributed by atoms with Crippen molar-refractivity contribution in [2.75, 3.05) is 0 Å². The number of hydrogen-bond donors (Lipinski definition) is 1. The summed E-state index contributed by atoms with van der Waals surface area (Å²) < 4.78 is 13.6. The van der Waals surface area contributed by atoms with Gasteiger partial charge in [0, 0.05) is 12.4 Å². The maximum atomic E-state index is 13.6. The Hall–Kier alpha value is -2.23. The van der Waals surface area contributed by atoms with Crippen molar-refractivity contribution >= 4 is 5.91 Å². The Morgan fingerprint density at radius 1 is 1.26 bits per heavy atom. The number of nitrogens with one attached hydrogen (secondary N) is 1. The molecule has 1 heterocycles. The Balaban J connectivity index is 2.15. The fourth-order valence-corrected chi connectivity index (χ4v) is 1.82. The highest BCUT2D eigenvalue weighted by Crippen LogP contribution is 2.14. The third kappa shape index (κ3) is 3.16. The Bertz CT molecular complexity index is 584. The summed E-state index contributed by atoms with van der Waals surface area (Å²) in [6.07, 6.45) is 3.32. The molecule has 98 valence electrons. The summed E-state index contributed by atoms with van der Waals surface area (Å²) in [4.78, 5) is 16.0. The summed E-state index contributed by atoms with van der Waals surface area (Å²) in [5, 5.41) is 2.77. The van der Waals surface area contributed by atoms with Crippen molar-refractivity contribution in [3.63, 3.8) is 0 Å². The molecule has 0 aliphatic carbocycles. The number of aryl methyl sites for hydroxylation is 1. The number of halogens is 1. The van der Waals surface area contributed by atoms with Crippen LogP contribution in [0.3, 0.4) is 0 Å². The summed E-state index contributed by atoms with van der Waals surface area (Å²) in [5.74, 6) is -0.921. The molecule has 1 amide bonds. The van der Waals surface area contributed by atoms with Gasteiger partial charge in [-0.2, -0.15) is 0 Å². The molecule has 19 heavy (non-hydrogen) atoms. The maximum absolute atomic E-state index is 13.6. The van der Waals surface area contributed by atoms with Crippen LogP contribution in [0.5, 0.6) is 0 Å². The zero-order chi connectivity index (χ0) is 13.8. The van der Waals surface area contributed by atoms with Crippen LogP contribution in [0.15, 0.2) is 42.7 Å². The first-order valence-corrected chi connectivity index (χ1v) is 6.05. The van der Waals surface area contributed by atoms with Crippen LogP contribution in [0, 0.1) is 12.7 Å². The number of amides is 1. The molecule has 1 atom stereocenters. The summed E-state index contributed by atoms with van der Waals surface area (Å²) in [7, 11) is 0. The quantitative estimate of drug-likeness (QED) is 0.919. The van der Waals surface area contributed by atoms with Crippen molar-refractivity contribution < 1.29 is 9.18 Å². The van der Waals surface area contributed by atoms with Crippen molar-refractivity contribution in [3.8, 4) is 0 Å². The van der Waals surface area contributed by atoms with Crippen molar-refractivity contribution in [2.45, 2.75) is 19.9 Å². The Labute approximate surface area is 111 Å². The van der Waals surface area contributed by atoms with E-state index in [2.05, 4.69) is 10.3 Å². The molecule has 4 heteroatoms. The average Bonchev–Trinajstić information content (AvgIpc) is 2.42. The minimum Gasteiger partial charge on any atom is -0.345 e. The molecule has 0 spiro atoms. The lowest BCUT2D eigenvalue weighted by Gasteiger charge is -2.14. The number of hydrogen-bond acceptors (Lipinski definition) is 2. The monoisotopic (exact) mass is 258 g/mol. The zero-order valence-corrected chi connectivity index (χ0v) is 10.9. The van der Waals surface area contributed by atoms with Crippen molar-refractivity contribution in [3.05, 3.63) is 65.2 Å². The van der Waals surface area contributed by atoms with Gasteiger partial charge < -0.3 is 5.32 Å². The van der Waals surface area contributed by atoms with Crippen LogP contribution in [0.1, 0.15) is 34.5 Å². The molecular weight excluding hydrogens is 243 g/mol. The van der Waals surface area contributed by atoms with Crippen LogP contribution >= 0.6 is 0 Å². The molecule has 0 saturated carbocycles. The van der Waals surface area contributed by atoms with Crippen molar-refractivity contribution in [1.29, 1.82) is 0 Å². The van der Waals surface area contributed by atoms with E-state index >= 15 is 0 Å². The average molecular weight is 258 g/mol. The largest absolute Gasteiger partial charge is 0.345 e. The third-order valence-corrected chi connectivity index (χ3v) is 2.92. The second-order valence-electron chi connectivity index (χ2n) is 4.46. The van der Waals surface area contributed by atoms with Gasteiger partial charge in [0.2, 0.25) is 0 Å². The number of benzene rings is 1. The molecule has 1 aromatic heterocycles. The first kappa shape index (κ1) is 13.2. The lowest BCUT2D eigenvalue weighted by molar-refractivity contribution is 0.0935. The number of carbonyl (C=O) groups excluding carboxylic acids is 1. The molecule has 1 aromatic carbocycles. The first-order chi connectivity index (χ1) is 9.08. The molecule has 0 bridgehead atoms.